The normalized spacial score (nSPS) is 23.6. The van der Waals surface area contributed by atoms with Crippen LogP contribution in [0, 0.1) is 17.8 Å². The van der Waals surface area contributed by atoms with Crippen LogP contribution >= 0.6 is 0 Å². The molecule has 30 heavy (non-hydrogen) atoms. The van der Waals surface area contributed by atoms with Gasteiger partial charge < -0.3 is 9.80 Å². The van der Waals surface area contributed by atoms with Crippen LogP contribution in [0.25, 0.3) is 11.0 Å². The number of ketones is 1. The molecular weight excluding hydrogens is 393 g/mol. The molecule has 4 rings (SSSR count). The highest BCUT2D eigenvalue weighted by Gasteiger charge is 2.35. The van der Waals surface area contributed by atoms with Crippen LogP contribution in [-0.4, -0.2) is 53.9 Å². The van der Waals surface area contributed by atoms with E-state index in [4.69, 9.17) is 0 Å². The standard InChI is InChI=1S/C22H27F3N4O/c1-14-7-15(8-17(30)9-16-11-28(2)12-16)13-29(10-14)19-4-3-18(22(23,24)25)20-21(19)27-6-5-26-20/h3-6,14-16H,7-13H2,1-2H3/t14-,15-/m0/s1. The molecule has 162 valence electrons. The molecule has 8 heteroatoms. The second-order valence-electron chi connectivity index (χ2n) is 9.03. The van der Waals surface area contributed by atoms with Gasteiger partial charge >= 0.3 is 6.18 Å². The lowest BCUT2D eigenvalue weighted by atomic mass is 9.84. The van der Waals surface area contributed by atoms with Crippen molar-refractivity contribution in [2.75, 3.05) is 38.1 Å². The minimum absolute atomic E-state index is 0.123. The zero-order valence-corrected chi connectivity index (χ0v) is 17.3. The molecule has 2 aliphatic rings. The van der Waals surface area contributed by atoms with E-state index < -0.39 is 11.7 Å². The smallest absolute Gasteiger partial charge is 0.369 e. The summed E-state index contributed by atoms with van der Waals surface area (Å²) >= 11 is 0. The van der Waals surface area contributed by atoms with Gasteiger partial charge in [0, 0.05) is 51.4 Å². The molecule has 0 saturated carbocycles. The van der Waals surface area contributed by atoms with Crippen LogP contribution < -0.4 is 4.90 Å². The van der Waals surface area contributed by atoms with Crippen LogP contribution in [0.1, 0.15) is 31.7 Å². The molecule has 5 nitrogen and oxygen atoms in total. The summed E-state index contributed by atoms with van der Waals surface area (Å²) in [6, 6.07) is 2.60. The lowest BCUT2D eigenvalue weighted by molar-refractivity contribution is -0.136. The van der Waals surface area contributed by atoms with Crippen molar-refractivity contribution >= 4 is 22.5 Å². The Balaban J connectivity index is 1.53. The third kappa shape index (κ3) is 4.43. The van der Waals surface area contributed by atoms with Crippen molar-refractivity contribution in [2.24, 2.45) is 17.8 Å². The van der Waals surface area contributed by atoms with Gasteiger partial charge in [0.1, 0.15) is 16.8 Å². The summed E-state index contributed by atoms with van der Waals surface area (Å²) in [5.41, 5.74) is 0.0405. The lowest BCUT2D eigenvalue weighted by Gasteiger charge is -2.39. The molecule has 0 spiro atoms. The maximum absolute atomic E-state index is 13.4. The van der Waals surface area contributed by atoms with E-state index in [-0.39, 0.29) is 17.0 Å². The molecule has 0 radical (unpaired) electrons. The van der Waals surface area contributed by atoms with Gasteiger partial charge in [-0.1, -0.05) is 6.92 Å². The van der Waals surface area contributed by atoms with Crippen LogP contribution in [-0.2, 0) is 11.0 Å². The Bertz CT molecular complexity index is 926. The van der Waals surface area contributed by atoms with Gasteiger partial charge in [-0.15, -0.1) is 0 Å². The number of carbonyl (C=O) groups excluding carboxylic acids is 1. The minimum Gasteiger partial charge on any atom is -0.369 e. The lowest BCUT2D eigenvalue weighted by Crippen LogP contribution is -2.45. The monoisotopic (exact) mass is 420 g/mol. The van der Waals surface area contributed by atoms with E-state index in [0.29, 0.717) is 42.7 Å². The summed E-state index contributed by atoms with van der Waals surface area (Å²) in [6.07, 6.45) is 0.356. The number of aromatic nitrogens is 2. The SMILES string of the molecule is C[C@H]1C[C@@H](CC(=O)CC2CN(C)C2)CN(c2ccc(C(F)(F)F)c3nccnc23)C1. The van der Waals surface area contributed by atoms with E-state index in [9.17, 15) is 18.0 Å². The van der Waals surface area contributed by atoms with Crippen LogP contribution in [0.4, 0.5) is 18.9 Å². The molecule has 0 unspecified atom stereocenters. The second-order valence-corrected chi connectivity index (χ2v) is 9.03. The van der Waals surface area contributed by atoms with Crippen molar-refractivity contribution in [1.29, 1.82) is 0 Å². The number of halogens is 3. The Morgan fingerprint density at radius 2 is 1.70 bits per heavy atom. The van der Waals surface area contributed by atoms with Gasteiger partial charge in [-0.2, -0.15) is 13.2 Å². The van der Waals surface area contributed by atoms with Gasteiger partial charge in [0.2, 0.25) is 0 Å². The molecule has 2 fully saturated rings. The number of rotatable bonds is 5. The average Bonchev–Trinajstić information content (AvgIpc) is 2.64. The number of carbonyl (C=O) groups is 1. The summed E-state index contributed by atoms with van der Waals surface area (Å²) in [7, 11) is 2.05. The fourth-order valence-corrected chi connectivity index (χ4v) is 5.04. The van der Waals surface area contributed by atoms with Crippen molar-refractivity contribution in [3.05, 3.63) is 30.1 Å². The van der Waals surface area contributed by atoms with E-state index in [0.717, 1.165) is 32.1 Å². The van der Waals surface area contributed by atoms with Crippen molar-refractivity contribution in [2.45, 2.75) is 32.4 Å². The van der Waals surface area contributed by atoms with E-state index in [1.165, 1.54) is 18.5 Å². The number of hydrogen-bond acceptors (Lipinski definition) is 5. The summed E-state index contributed by atoms with van der Waals surface area (Å²) in [4.78, 5) is 25.1. The van der Waals surface area contributed by atoms with Gasteiger partial charge in [-0.25, -0.2) is 0 Å². The predicted molar refractivity (Wildman–Crippen MR) is 109 cm³/mol. The predicted octanol–water partition coefficient (Wildman–Crippen LogP) is 4.02. The molecule has 2 atom stereocenters. The summed E-state index contributed by atoms with van der Waals surface area (Å²) in [5.74, 6) is 1.31. The molecule has 0 aliphatic carbocycles. The fraction of sp³-hybridized carbons (Fsp3) is 0.591. The highest BCUT2D eigenvalue weighted by Crippen LogP contribution is 2.38. The second kappa shape index (κ2) is 8.13. The number of Topliss-reactive ketones (excluding diaryl/α,β-unsaturated/α-hetero) is 1. The van der Waals surface area contributed by atoms with Gasteiger partial charge in [0.25, 0.3) is 0 Å². The number of alkyl halides is 3. The van der Waals surface area contributed by atoms with Gasteiger partial charge in [0.15, 0.2) is 0 Å². The van der Waals surface area contributed by atoms with Gasteiger partial charge in [0.05, 0.1) is 11.3 Å². The third-order valence-corrected chi connectivity index (χ3v) is 6.17. The minimum atomic E-state index is -4.48. The Labute approximate surface area is 174 Å². The number of anilines is 1. The molecule has 0 amide bonds. The van der Waals surface area contributed by atoms with Gasteiger partial charge in [-0.05, 0) is 43.4 Å². The molecule has 0 bridgehead atoms. The zero-order valence-electron chi connectivity index (χ0n) is 17.3. The molecule has 2 saturated heterocycles. The first-order valence-electron chi connectivity index (χ1n) is 10.5. The zero-order chi connectivity index (χ0) is 21.5. The average molecular weight is 420 g/mol. The number of likely N-dealkylation sites (tertiary alicyclic amines) is 1. The van der Waals surface area contributed by atoms with Crippen molar-refractivity contribution in [3.63, 3.8) is 0 Å². The Hall–Kier alpha value is -2.22. The maximum Gasteiger partial charge on any atom is 0.418 e. The maximum atomic E-state index is 13.4. The fourth-order valence-electron chi connectivity index (χ4n) is 5.04. The third-order valence-electron chi connectivity index (χ3n) is 6.17. The van der Waals surface area contributed by atoms with E-state index >= 15 is 0 Å². The molecule has 3 heterocycles. The van der Waals surface area contributed by atoms with Crippen LogP contribution in [0.15, 0.2) is 24.5 Å². The van der Waals surface area contributed by atoms with Crippen molar-refractivity contribution in [1.82, 2.24) is 14.9 Å². The molecule has 2 aromatic rings. The topological polar surface area (TPSA) is 49.3 Å². The van der Waals surface area contributed by atoms with E-state index in [2.05, 4.69) is 33.7 Å². The first-order valence-corrected chi connectivity index (χ1v) is 10.5. The quantitative estimate of drug-likeness (QED) is 0.731. The summed E-state index contributed by atoms with van der Waals surface area (Å²) < 4.78 is 40.2. The van der Waals surface area contributed by atoms with Crippen LogP contribution in [0.3, 0.4) is 0 Å². The molecule has 0 N–H and O–H groups in total. The molecule has 1 aromatic heterocycles. The Morgan fingerprint density at radius 3 is 2.37 bits per heavy atom. The summed E-state index contributed by atoms with van der Waals surface area (Å²) in [6.45, 7) is 5.47. The Morgan fingerprint density at radius 1 is 1.03 bits per heavy atom. The number of hydrogen-bond donors (Lipinski definition) is 0. The molecule has 1 aromatic carbocycles. The number of piperidine rings is 1. The summed E-state index contributed by atoms with van der Waals surface area (Å²) in [5, 5.41) is 0. The highest BCUT2D eigenvalue weighted by molar-refractivity contribution is 5.91. The first-order chi connectivity index (χ1) is 14.2. The molecular formula is C22H27F3N4O. The first kappa shape index (κ1) is 21.0. The number of nitrogens with zero attached hydrogens (tertiary/aromatic N) is 4. The van der Waals surface area contributed by atoms with E-state index in [1.807, 2.05) is 0 Å². The van der Waals surface area contributed by atoms with E-state index in [1.54, 1.807) is 0 Å². The van der Waals surface area contributed by atoms with Gasteiger partial charge in [-0.3, -0.25) is 14.8 Å². The Kier molecular flexibility index (Phi) is 5.70. The van der Waals surface area contributed by atoms with Crippen LogP contribution in [0.5, 0.6) is 0 Å². The number of fused-ring (bicyclic) bond motifs is 1. The largest absolute Gasteiger partial charge is 0.418 e. The van der Waals surface area contributed by atoms with Crippen molar-refractivity contribution in [3.8, 4) is 0 Å². The molecule has 2 aliphatic heterocycles. The van der Waals surface area contributed by atoms with Crippen LogP contribution in [0.2, 0.25) is 0 Å². The number of benzene rings is 1. The van der Waals surface area contributed by atoms with Crippen molar-refractivity contribution < 1.29 is 18.0 Å². The highest BCUT2D eigenvalue weighted by atomic mass is 19.4.